The maximum absolute atomic E-state index is 2.69. The van der Waals surface area contributed by atoms with Crippen molar-refractivity contribution in [1.82, 2.24) is 0 Å². The first-order valence-corrected chi connectivity index (χ1v) is 21.7. The first kappa shape index (κ1) is 33.4. The van der Waals surface area contributed by atoms with Gasteiger partial charge in [-0.2, -0.15) is 0 Å². The van der Waals surface area contributed by atoms with E-state index in [-0.39, 0.29) is 40.7 Å². The molecule has 0 aliphatic heterocycles. The van der Waals surface area contributed by atoms with Gasteiger partial charge in [0.25, 0.3) is 0 Å². The third kappa shape index (κ3) is 8.14. The van der Waals surface area contributed by atoms with E-state index >= 15 is 0 Å². The minimum Gasteiger partial charge on any atom is -1.00 e. The van der Waals surface area contributed by atoms with Gasteiger partial charge in [-0.3, -0.25) is 0 Å². The van der Waals surface area contributed by atoms with Crippen LogP contribution in [-0.4, -0.2) is 24.6 Å². The fraction of sp³-hybridized carbons (Fsp3) is 0.500. The van der Waals surface area contributed by atoms with Gasteiger partial charge in [0.1, 0.15) is 0 Å². The Labute approximate surface area is 253 Å². The summed E-state index contributed by atoms with van der Waals surface area (Å²) >= 11 is -1.09. The van der Waals surface area contributed by atoms with Crippen molar-refractivity contribution in [1.29, 1.82) is 0 Å². The second kappa shape index (κ2) is 17.1. The molecule has 5 heteroatoms. The maximum Gasteiger partial charge on any atom is -1.00 e. The number of hydrogen-bond acceptors (Lipinski definition) is 0. The number of hydrogen-bond donors (Lipinski definition) is 0. The third-order valence-corrected chi connectivity index (χ3v) is 22.0. The summed E-state index contributed by atoms with van der Waals surface area (Å²) in [6, 6.07) is 18.9. The van der Waals surface area contributed by atoms with Crippen LogP contribution in [0.15, 0.2) is 59.2 Å². The molecule has 2 aliphatic carbocycles. The largest absolute Gasteiger partial charge is 1.00 e. The van der Waals surface area contributed by atoms with Gasteiger partial charge in [0.05, 0.1) is 0 Å². The van der Waals surface area contributed by atoms with Crippen LogP contribution >= 0.6 is 15.8 Å². The molecule has 0 fully saturated rings. The molecule has 0 N–H and O–H groups in total. The minimum atomic E-state index is -1.09. The molecule has 0 nitrogen and oxygen atoms in total. The molecule has 2 atom stereocenters. The minimum absolute atomic E-state index is 0. The first-order chi connectivity index (χ1) is 17.2. The van der Waals surface area contributed by atoms with E-state index < -0.39 is 22.9 Å². The van der Waals surface area contributed by atoms with Gasteiger partial charge in [0.15, 0.2) is 0 Å². The molecule has 2 aliphatic rings. The SMILES string of the molecule is CCCCP(CCCC)C1=Cc2ccccc2[CH]1[Hf+2][CH]1C(P(CCC)CCC)=Cc2ccccc21.[Cl-].[Cl-]. The van der Waals surface area contributed by atoms with E-state index in [1.165, 1.54) is 63.2 Å². The van der Waals surface area contributed by atoms with Gasteiger partial charge in [-0.25, -0.2) is 0 Å². The van der Waals surface area contributed by atoms with Crippen LogP contribution in [0.5, 0.6) is 0 Å². The Hall–Kier alpha value is 0.230. The van der Waals surface area contributed by atoms with Crippen LogP contribution in [0.4, 0.5) is 0 Å². The Morgan fingerprint density at radius 2 is 0.973 bits per heavy atom. The molecule has 0 spiro atoms. The van der Waals surface area contributed by atoms with Crippen LogP contribution in [0.3, 0.4) is 0 Å². The van der Waals surface area contributed by atoms with Crippen LogP contribution in [-0.2, 0) is 22.9 Å². The van der Waals surface area contributed by atoms with Gasteiger partial charge < -0.3 is 24.8 Å². The van der Waals surface area contributed by atoms with Gasteiger partial charge >= 0.3 is 231 Å². The van der Waals surface area contributed by atoms with E-state index in [0.29, 0.717) is 0 Å². The summed E-state index contributed by atoms with van der Waals surface area (Å²) in [6.45, 7) is 9.54. The molecule has 0 aromatic heterocycles. The van der Waals surface area contributed by atoms with Crippen molar-refractivity contribution in [2.75, 3.05) is 24.6 Å². The van der Waals surface area contributed by atoms with Crippen molar-refractivity contribution in [2.45, 2.75) is 73.6 Å². The summed E-state index contributed by atoms with van der Waals surface area (Å²) in [4.78, 5) is 0. The van der Waals surface area contributed by atoms with E-state index in [0.717, 1.165) is 7.35 Å². The molecule has 0 amide bonds. The van der Waals surface area contributed by atoms with Crippen LogP contribution in [0, 0.1) is 0 Å². The molecule has 0 bridgehead atoms. The molecular weight excluding hydrogens is 696 g/mol. The van der Waals surface area contributed by atoms with Crippen LogP contribution in [0.2, 0.25) is 0 Å². The topological polar surface area (TPSA) is 0 Å². The Morgan fingerprint density at radius 3 is 1.38 bits per heavy atom. The summed E-state index contributed by atoms with van der Waals surface area (Å²) in [6.07, 6.45) is 19.2. The second-order valence-electron chi connectivity index (χ2n) is 10.1. The zero-order chi connectivity index (χ0) is 24.6. The number of allylic oxidation sites excluding steroid dienone is 2. The zero-order valence-electron chi connectivity index (χ0n) is 23.1. The van der Waals surface area contributed by atoms with Gasteiger partial charge in [-0.05, 0) is 0 Å². The molecule has 37 heavy (non-hydrogen) atoms. The molecule has 0 radical (unpaired) electrons. The maximum atomic E-state index is 2.69. The van der Waals surface area contributed by atoms with E-state index in [1.807, 2.05) is 10.6 Å². The van der Waals surface area contributed by atoms with Crippen molar-refractivity contribution in [2.24, 2.45) is 0 Å². The predicted octanol–water partition coefficient (Wildman–Crippen LogP) is 4.65. The average Bonchev–Trinajstić information content (AvgIpc) is 3.43. The van der Waals surface area contributed by atoms with Crippen LogP contribution in [0.1, 0.15) is 95.8 Å². The Kier molecular flexibility index (Phi) is 15.5. The Morgan fingerprint density at radius 1 is 0.568 bits per heavy atom. The van der Waals surface area contributed by atoms with E-state index in [4.69, 9.17) is 0 Å². The van der Waals surface area contributed by atoms with Crippen molar-refractivity contribution in [3.8, 4) is 0 Å². The number of fused-ring (bicyclic) bond motifs is 2. The van der Waals surface area contributed by atoms with Crippen molar-refractivity contribution in [3.63, 3.8) is 0 Å². The van der Waals surface area contributed by atoms with E-state index in [1.54, 1.807) is 22.3 Å². The Balaban J connectivity index is 0.00000241. The molecule has 0 saturated carbocycles. The molecule has 2 aromatic rings. The fourth-order valence-electron chi connectivity index (χ4n) is 5.66. The first-order valence-electron chi connectivity index (χ1n) is 14.1. The summed E-state index contributed by atoms with van der Waals surface area (Å²) in [7, 11) is 0.0179. The van der Waals surface area contributed by atoms with Gasteiger partial charge in [-0.1, -0.05) is 0 Å². The summed E-state index contributed by atoms with van der Waals surface area (Å²) in [5, 5.41) is 3.80. The fourth-order valence-corrected chi connectivity index (χ4v) is 22.6. The summed E-state index contributed by atoms with van der Waals surface area (Å²) in [5.41, 5.74) is 6.50. The standard InChI is InChI=1S/C17H24P.C15H20P.2ClH.Hf/c1-3-5-11-18(12-6-4-2)17-13-15-9-7-8-10-16(15)14-17;1-3-9-16(10-4-2)15-11-13-7-5-6-8-14(13)12-15;;;/h7-10,13-14H,3-6,11-12H2,1-2H3;5-8,11-12H,3-4,9-10H2,1-2H3;2*1H;/q;;;;+2/p-2. The zero-order valence-corrected chi connectivity index (χ0v) is 30.0. The van der Waals surface area contributed by atoms with Crippen molar-refractivity contribution >= 4 is 28.0 Å². The van der Waals surface area contributed by atoms with Crippen molar-refractivity contribution in [3.05, 3.63) is 81.4 Å². The molecule has 4 rings (SSSR count). The van der Waals surface area contributed by atoms with Crippen LogP contribution < -0.4 is 24.8 Å². The molecule has 200 valence electrons. The normalized spacial score (nSPS) is 17.5. The monoisotopic (exact) mass is 740 g/mol. The van der Waals surface area contributed by atoms with Gasteiger partial charge in [-0.15, -0.1) is 0 Å². The number of benzene rings is 2. The smallest absolute Gasteiger partial charge is 1.00 e. The third-order valence-electron chi connectivity index (χ3n) is 7.43. The number of halogens is 2. The number of rotatable bonds is 14. The molecular formula is C32H44Cl2HfP2. The second-order valence-corrected chi connectivity index (χ2v) is 20.4. The van der Waals surface area contributed by atoms with Gasteiger partial charge in [0.2, 0.25) is 0 Å². The summed E-state index contributed by atoms with van der Waals surface area (Å²) < 4.78 is 1.59. The van der Waals surface area contributed by atoms with Crippen molar-refractivity contribution < 1.29 is 47.7 Å². The summed E-state index contributed by atoms with van der Waals surface area (Å²) in [5.74, 6) is 0. The molecule has 0 heterocycles. The number of unbranched alkanes of at least 4 members (excludes halogenated alkanes) is 2. The molecule has 2 unspecified atom stereocenters. The van der Waals surface area contributed by atoms with E-state index in [2.05, 4.69) is 88.4 Å². The Bertz CT molecular complexity index is 1020. The van der Waals surface area contributed by atoms with Gasteiger partial charge in [0, 0.05) is 0 Å². The van der Waals surface area contributed by atoms with Crippen LogP contribution in [0.25, 0.3) is 12.2 Å². The van der Waals surface area contributed by atoms with E-state index in [9.17, 15) is 0 Å². The molecule has 0 saturated heterocycles. The predicted molar refractivity (Wildman–Crippen MR) is 158 cm³/mol. The molecule has 2 aromatic carbocycles. The quantitative estimate of drug-likeness (QED) is 0.196. The average molecular weight is 740 g/mol.